The van der Waals surface area contributed by atoms with E-state index in [2.05, 4.69) is 5.32 Å². The van der Waals surface area contributed by atoms with E-state index in [0.29, 0.717) is 4.88 Å². The Morgan fingerprint density at radius 1 is 1.13 bits per heavy atom. The average molecular weight is 331 g/mol. The van der Waals surface area contributed by atoms with Gasteiger partial charge in [-0.1, -0.05) is 43.3 Å². The molecule has 1 atom stereocenters. The predicted octanol–water partition coefficient (Wildman–Crippen LogP) is 2.74. The molecule has 0 aliphatic heterocycles. The lowest BCUT2D eigenvalue weighted by Gasteiger charge is -2.11. The minimum Gasteiger partial charge on any atom is -0.456 e. The van der Waals surface area contributed by atoms with Crippen LogP contribution in [0.2, 0.25) is 0 Å². The number of thiophene rings is 1. The maximum Gasteiger partial charge on any atom is 0.306 e. The Kier molecular flexibility index (Phi) is 6.05. The van der Waals surface area contributed by atoms with Gasteiger partial charge in [-0.05, 0) is 22.9 Å². The molecule has 0 bridgehead atoms. The summed E-state index contributed by atoms with van der Waals surface area (Å²) in [4.78, 5) is 35.5. The maximum absolute atomic E-state index is 11.8. The molecule has 0 saturated carbocycles. The van der Waals surface area contributed by atoms with Crippen LogP contribution in [-0.2, 0) is 14.3 Å². The highest BCUT2D eigenvalue weighted by Gasteiger charge is 2.15. The van der Waals surface area contributed by atoms with Crippen LogP contribution >= 0.6 is 11.3 Å². The molecule has 120 valence electrons. The number of carbonyl (C=O) groups excluding carboxylic acids is 3. The van der Waals surface area contributed by atoms with Crippen LogP contribution in [0.1, 0.15) is 34.5 Å². The van der Waals surface area contributed by atoms with E-state index >= 15 is 0 Å². The van der Waals surface area contributed by atoms with Gasteiger partial charge in [0.15, 0.2) is 6.61 Å². The molecule has 1 aromatic carbocycles. The van der Waals surface area contributed by atoms with E-state index in [4.69, 9.17) is 4.74 Å². The van der Waals surface area contributed by atoms with E-state index in [1.54, 1.807) is 17.5 Å². The molecule has 0 aliphatic rings. The Morgan fingerprint density at radius 2 is 1.87 bits per heavy atom. The molecule has 0 aliphatic carbocycles. The first-order valence-electron chi connectivity index (χ1n) is 7.14. The van der Waals surface area contributed by atoms with Crippen LogP contribution in [0.15, 0.2) is 47.8 Å². The summed E-state index contributed by atoms with van der Waals surface area (Å²) >= 11 is 1.23. The lowest BCUT2D eigenvalue weighted by Crippen LogP contribution is -2.33. The van der Waals surface area contributed by atoms with Gasteiger partial charge in [0.2, 0.25) is 0 Å². The van der Waals surface area contributed by atoms with Crippen molar-refractivity contribution in [3.63, 3.8) is 0 Å². The second kappa shape index (κ2) is 8.24. The van der Waals surface area contributed by atoms with E-state index in [0.717, 1.165) is 5.56 Å². The van der Waals surface area contributed by atoms with E-state index in [9.17, 15) is 14.4 Å². The van der Waals surface area contributed by atoms with E-state index in [1.807, 2.05) is 37.3 Å². The average Bonchev–Trinajstić information content (AvgIpc) is 3.08. The van der Waals surface area contributed by atoms with Gasteiger partial charge in [-0.15, -0.1) is 11.3 Å². The molecule has 6 heteroatoms. The molecule has 5 nitrogen and oxygen atoms in total. The number of imide groups is 1. The van der Waals surface area contributed by atoms with Crippen LogP contribution < -0.4 is 5.32 Å². The van der Waals surface area contributed by atoms with Gasteiger partial charge in [-0.3, -0.25) is 19.7 Å². The smallest absolute Gasteiger partial charge is 0.306 e. The lowest BCUT2D eigenvalue weighted by atomic mass is 9.98. The van der Waals surface area contributed by atoms with E-state index < -0.39 is 24.4 Å². The predicted molar refractivity (Wildman–Crippen MR) is 87.2 cm³/mol. The van der Waals surface area contributed by atoms with Crippen molar-refractivity contribution in [2.45, 2.75) is 19.3 Å². The Morgan fingerprint density at radius 3 is 2.52 bits per heavy atom. The van der Waals surface area contributed by atoms with Crippen LogP contribution in [0.25, 0.3) is 0 Å². The zero-order valence-corrected chi connectivity index (χ0v) is 13.5. The van der Waals surface area contributed by atoms with Gasteiger partial charge in [0, 0.05) is 0 Å². The minimum absolute atomic E-state index is 0.000452. The highest BCUT2D eigenvalue weighted by molar-refractivity contribution is 7.12. The summed E-state index contributed by atoms with van der Waals surface area (Å²) in [5.74, 6) is -1.59. The number of nitrogens with one attached hydrogen (secondary N) is 1. The summed E-state index contributed by atoms with van der Waals surface area (Å²) in [6, 6.07) is 12.9. The highest BCUT2D eigenvalue weighted by Crippen LogP contribution is 2.18. The molecule has 1 aromatic heterocycles. The van der Waals surface area contributed by atoms with E-state index in [-0.39, 0.29) is 12.3 Å². The van der Waals surface area contributed by atoms with Crippen molar-refractivity contribution in [3.05, 3.63) is 58.3 Å². The molecule has 1 N–H and O–H groups in total. The first-order valence-corrected chi connectivity index (χ1v) is 8.02. The molecule has 1 heterocycles. The Hall–Kier alpha value is -2.47. The van der Waals surface area contributed by atoms with Crippen molar-refractivity contribution in [2.75, 3.05) is 6.61 Å². The molecular weight excluding hydrogens is 314 g/mol. The molecule has 0 saturated heterocycles. The zero-order valence-electron chi connectivity index (χ0n) is 12.7. The molecule has 0 unspecified atom stereocenters. The first-order chi connectivity index (χ1) is 11.1. The molecule has 0 radical (unpaired) electrons. The Labute approximate surface area is 138 Å². The van der Waals surface area contributed by atoms with Crippen LogP contribution in [0.4, 0.5) is 0 Å². The normalized spacial score (nSPS) is 11.5. The standard InChI is InChI=1S/C17H17NO4S/c1-12(13-6-3-2-4-7-13)10-16(20)22-11-15(19)18-17(21)14-8-5-9-23-14/h2-9,12H,10-11H2,1H3,(H,18,19,21)/t12-/m0/s1. The lowest BCUT2D eigenvalue weighted by molar-refractivity contribution is -0.148. The number of hydrogen-bond acceptors (Lipinski definition) is 5. The number of amides is 2. The fraction of sp³-hybridized carbons (Fsp3) is 0.235. The number of ether oxygens (including phenoxy) is 1. The second-order valence-corrected chi connectivity index (χ2v) is 5.98. The van der Waals surface area contributed by atoms with Crippen molar-refractivity contribution >= 4 is 29.1 Å². The third-order valence-corrected chi connectivity index (χ3v) is 4.07. The number of hydrogen-bond donors (Lipinski definition) is 1. The van der Waals surface area contributed by atoms with Gasteiger partial charge < -0.3 is 4.74 Å². The highest BCUT2D eigenvalue weighted by atomic mass is 32.1. The van der Waals surface area contributed by atoms with Crippen molar-refractivity contribution < 1.29 is 19.1 Å². The van der Waals surface area contributed by atoms with Gasteiger partial charge in [0.25, 0.3) is 11.8 Å². The van der Waals surface area contributed by atoms with Gasteiger partial charge in [-0.2, -0.15) is 0 Å². The fourth-order valence-corrected chi connectivity index (χ4v) is 2.61. The summed E-state index contributed by atoms with van der Waals surface area (Å²) in [7, 11) is 0. The quantitative estimate of drug-likeness (QED) is 0.826. The van der Waals surface area contributed by atoms with Crippen molar-refractivity contribution in [2.24, 2.45) is 0 Å². The largest absolute Gasteiger partial charge is 0.456 e. The molecular formula is C17H17NO4S. The van der Waals surface area contributed by atoms with Gasteiger partial charge in [0.05, 0.1) is 11.3 Å². The molecule has 0 fully saturated rings. The number of carbonyl (C=O) groups is 3. The van der Waals surface area contributed by atoms with Crippen molar-refractivity contribution in [3.8, 4) is 0 Å². The van der Waals surface area contributed by atoms with Gasteiger partial charge in [-0.25, -0.2) is 0 Å². The third kappa shape index (κ3) is 5.34. The molecule has 23 heavy (non-hydrogen) atoms. The number of esters is 1. The molecule has 0 spiro atoms. The summed E-state index contributed by atoms with van der Waals surface area (Å²) in [5.41, 5.74) is 1.03. The second-order valence-electron chi connectivity index (χ2n) is 5.03. The SMILES string of the molecule is C[C@@H](CC(=O)OCC(=O)NC(=O)c1cccs1)c1ccccc1. The molecule has 2 rings (SSSR count). The van der Waals surface area contributed by atoms with Crippen LogP contribution in [0, 0.1) is 0 Å². The Bertz CT molecular complexity index is 667. The van der Waals surface area contributed by atoms with Crippen molar-refractivity contribution in [1.82, 2.24) is 5.32 Å². The third-order valence-electron chi connectivity index (χ3n) is 3.20. The monoisotopic (exact) mass is 331 g/mol. The number of rotatable bonds is 6. The fourth-order valence-electron chi connectivity index (χ4n) is 1.99. The first kappa shape index (κ1) is 16.9. The van der Waals surface area contributed by atoms with Gasteiger partial charge in [0.1, 0.15) is 0 Å². The van der Waals surface area contributed by atoms with Gasteiger partial charge >= 0.3 is 5.97 Å². The number of benzene rings is 1. The maximum atomic E-state index is 11.8. The van der Waals surface area contributed by atoms with Crippen molar-refractivity contribution in [1.29, 1.82) is 0 Å². The van der Waals surface area contributed by atoms with Crippen LogP contribution in [0.5, 0.6) is 0 Å². The van der Waals surface area contributed by atoms with Crippen LogP contribution in [0.3, 0.4) is 0 Å². The molecule has 2 aromatic rings. The summed E-state index contributed by atoms with van der Waals surface area (Å²) in [6.45, 7) is 1.45. The zero-order chi connectivity index (χ0) is 16.7. The minimum atomic E-state index is -0.635. The summed E-state index contributed by atoms with van der Waals surface area (Å²) < 4.78 is 4.91. The Balaban J connectivity index is 1.73. The van der Waals surface area contributed by atoms with E-state index in [1.165, 1.54) is 11.3 Å². The van der Waals surface area contributed by atoms with Crippen LogP contribution in [-0.4, -0.2) is 24.4 Å². The summed E-state index contributed by atoms with van der Waals surface area (Å²) in [5, 5.41) is 3.92. The summed E-state index contributed by atoms with van der Waals surface area (Å²) in [6.07, 6.45) is 0.177. The topological polar surface area (TPSA) is 72.5 Å². The molecule has 2 amide bonds.